The molecule has 1 unspecified atom stereocenters. The number of Topliss-reactive ketones (excluding diaryl/α,β-unsaturated/α-hetero) is 1. The van der Waals surface area contributed by atoms with Gasteiger partial charge in [0.1, 0.15) is 18.1 Å². The lowest BCUT2D eigenvalue weighted by Gasteiger charge is -2.23. The average molecular weight is 576 g/mol. The fraction of sp³-hybridized carbons (Fsp3) is 0.103. The first-order valence-corrected chi connectivity index (χ1v) is 14.0. The highest BCUT2D eigenvalue weighted by molar-refractivity contribution is 8.00. The van der Waals surface area contributed by atoms with Crippen molar-refractivity contribution in [3.8, 4) is 5.75 Å². The van der Waals surface area contributed by atoms with Gasteiger partial charge in [-0.2, -0.15) is 0 Å². The third-order valence-corrected chi connectivity index (χ3v) is 8.29. The number of benzene rings is 3. The van der Waals surface area contributed by atoms with Crippen LogP contribution in [0, 0.1) is 0 Å². The van der Waals surface area contributed by atoms with E-state index in [0.29, 0.717) is 32.0 Å². The molecule has 10 heteroatoms. The van der Waals surface area contributed by atoms with Crippen molar-refractivity contribution in [2.75, 3.05) is 11.5 Å². The maximum absolute atomic E-state index is 13.4. The lowest BCUT2D eigenvalue weighted by atomic mass is 9.95. The van der Waals surface area contributed by atoms with Crippen LogP contribution < -0.4 is 9.64 Å². The second kappa shape index (κ2) is 11.9. The van der Waals surface area contributed by atoms with E-state index in [1.165, 1.54) is 28.0 Å². The van der Waals surface area contributed by atoms with Crippen LogP contribution in [0.25, 0.3) is 5.76 Å². The minimum Gasteiger partial charge on any atom is -0.507 e. The lowest BCUT2D eigenvalue weighted by molar-refractivity contribution is -0.132. The Morgan fingerprint density at radius 1 is 1.08 bits per heavy atom. The van der Waals surface area contributed by atoms with Gasteiger partial charge in [0.25, 0.3) is 5.78 Å². The summed E-state index contributed by atoms with van der Waals surface area (Å²) >= 11 is 8.64. The quantitative estimate of drug-likeness (QED) is 0.0594. The molecule has 1 fully saturated rings. The summed E-state index contributed by atoms with van der Waals surface area (Å²) in [5, 5.41) is 20.7. The monoisotopic (exact) mass is 575 g/mol. The van der Waals surface area contributed by atoms with E-state index in [2.05, 4.69) is 16.8 Å². The summed E-state index contributed by atoms with van der Waals surface area (Å²) in [6, 6.07) is 22.3. The maximum atomic E-state index is 13.4. The predicted octanol–water partition coefficient (Wildman–Crippen LogP) is 6.67. The van der Waals surface area contributed by atoms with Gasteiger partial charge in [0.15, 0.2) is 4.34 Å². The Kier molecular flexibility index (Phi) is 8.11. The Balaban J connectivity index is 1.54. The van der Waals surface area contributed by atoms with Gasteiger partial charge < -0.3 is 9.84 Å². The number of hydrogen-bond acceptors (Lipinski definition) is 8. The van der Waals surface area contributed by atoms with Gasteiger partial charge in [-0.05, 0) is 35.4 Å². The number of aliphatic hydroxyl groups excluding tert-OH is 1. The minimum atomic E-state index is -0.931. The first kappa shape index (κ1) is 26.7. The Bertz CT molecular complexity index is 1550. The Labute approximate surface area is 238 Å². The normalized spacial score (nSPS) is 16.4. The standard InChI is InChI=1S/C29H22ClN3O4S2/c1-2-15-37-22-10-6-9-20(16-22)24-23(25(34)19-7-4-3-5-8-19)26(35)27(36)33(24)28-31-32-29(39-28)38-17-18-11-13-21(30)14-12-18/h2-14,16,24,34H,1,15,17H2/b25-23+. The van der Waals surface area contributed by atoms with Gasteiger partial charge in [0.2, 0.25) is 5.13 Å². The highest BCUT2D eigenvalue weighted by Crippen LogP contribution is 2.44. The van der Waals surface area contributed by atoms with Crippen molar-refractivity contribution in [1.29, 1.82) is 0 Å². The number of aromatic nitrogens is 2. The number of nitrogens with zero attached hydrogens (tertiary/aromatic N) is 3. The van der Waals surface area contributed by atoms with E-state index in [1.807, 2.05) is 24.3 Å². The molecule has 1 aliphatic heterocycles. The third-order valence-electron chi connectivity index (χ3n) is 5.91. The van der Waals surface area contributed by atoms with Crippen LogP contribution in [-0.2, 0) is 15.3 Å². The number of thioether (sulfide) groups is 1. The minimum absolute atomic E-state index is 0.0300. The molecule has 0 spiro atoms. The van der Waals surface area contributed by atoms with E-state index >= 15 is 0 Å². The summed E-state index contributed by atoms with van der Waals surface area (Å²) in [6.45, 7) is 3.96. The zero-order valence-electron chi connectivity index (χ0n) is 20.5. The fourth-order valence-electron chi connectivity index (χ4n) is 4.11. The molecule has 0 saturated carbocycles. The van der Waals surface area contributed by atoms with Crippen LogP contribution in [0.1, 0.15) is 22.7 Å². The van der Waals surface area contributed by atoms with Crippen LogP contribution >= 0.6 is 34.7 Å². The van der Waals surface area contributed by atoms with E-state index in [-0.39, 0.29) is 23.1 Å². The SMILES string of the molecule is C=CCOc1cccc(C2/C(=C(\O)c3ccccc3)C(=O)C(=O)N2c2nnc(SCc3ccc(Cl)cc3)s2)c1. The first-order chi connectivity index (χ1) is 19.0. The summed E-state index contributed by atoms with van der Waals surface area (Å²) in [6.07, 6.45) is 1.62. The van der Waals surface area contributed by atoms with Gasteiger partial charge in [0.05, 0.1) is 11.6 Å². The van der Waals surface area contributed by atoms with Crippen molar-refractivity contribution in [3.63, 3.8) is 0 Å². The molecule has 0 aliphatic carbocycles. The summed E-state index contributed by atoms with van der Waals surface area (Å²) in [4.78, 5) is 28.1. The molecule has 196 valence electrons. The second-order valence-corrected chi connectivity index (χ2v) is 11.1. The van der Waals surface area contributed by atoms with E-state index < -0.39 is 17.7 Å². The van der Waals surface area contributed by atoms with E-state index in [0.717, 1.165) is 5.56 Å². The van der Waals surface area contributed by atoms with Gasteiger partial charge in [0, 0.05) is 16.3 Å². The number of ketones is 1. The number of carbonyl (C=O) groups excluding carboxylic acids is 2. The van der Waals surface area contributed by atoms with Gasteiger partial charge in [-0.1, -0.05) is 102 Å². The molecule has 1 amide bonds. The van der Waals surface area contributed by atoms with Gasteiger partial charge >= 0.3 is 5.91 Å². The number of aliphatic hydroxyl groups is 1. The number of anilines is 1. The number of amides is 1. The lowest BCUT2D eigenvalue weighted by Crippen LogP contribution is -2.29. The topological polar surface area (TPSA) is 92.6 Å². The molecule has 0 radical (unpaired) electrons. The van der Waals surface area contributed by atoms with Crippen molar-refractivity contribution in [2.24, 2.45) is 0 Å². The van der Waals surface area contributed by atoms with Gasteiger partial charge in [-0.15, -0.1) is 10.2 Å². The van der Waals surface area contributed by atoms with Crippen molar-refractivity contribution >= 4 is 57.3 Å². The number of carbonyl (C=O) groups is 2. The average Bonchev–Trinajstić information content (AvgIpc) is 3.53. The first-order valence-electron chi connectivity index (χ1n) is 11.9. The van der Waals surface area contributed by atoms with Crippen molar-refractivity contribution in [3.05, 3.63) is 119 Å². The molecule has 4 aromatic rings. The molecule has 1 atom stereocenters. The highest BCUT2D eigenvalue weighted by Gasteiger charge is 2.48. The molecule has 3 aromatic carbocycles. The van der Waals surface area contributed by atoms with Crippen LogP contribution in [0.3, 0.4) is 0 Å². The Morgan fingerprint density at radius 2 is 1.85 bits per heavy atom. The van der Waals surface area contributed by atoms with Gasteiger partial charge in [-0.25, -0.2) is 0 Å². The molecule has 1 aromatic heterocycles. The van der Waals surface area contributed by atoms with E-state index in [4.69, 9.17) is 16.3 Å². The molecular formula is C29H22ClN3O4S2. The van der Waals surface area contributed by atoms with Crippen LogP contribution in [0.5, 0.6) is 5.75 Å². The summed E-state index contributed by atoms with van der Waals surface area (Å²) in [5.74, 6) is -0.690. The molecular weight excluding hydrogens is 554 g/mol. The molecule has 1 aliphatic rings. The van der Waals surface area contributed by atoms with Crippen molar-refractivity contribution in [1.82, 2.24) is 10.2 Å². The largest absolute Gasteiger partial charge is 0.507 e. The summed E-state index contributed by atoms with van der Waals surface area (Å²) < 4.78 is 6.33. The van der Waals surface area contributed by atoms with Crippen LogP contribution in [0.15, 0.2) is 101 Å². The second-order valence-electron chi connectivity index (χ2n) is 8.47. The third kappa shape index (κ3) is 5.75. The molecule has 1 saturated heterocycles. The summed E-state index contributed by atoms with van der Waals surface area (Å²) in [7, 11) is 0. The smallest absolute Gasteiger partial charge is 0.301 e. The number of hydrogen-bond donors (Lipinski definition) is 1. The van der Waals surface area contributed by atoms with Crippen LogP contribution in [-0.4, -0.2) is 33.6 Å². The molecule has 39 heavy (non-hydrogen) atoms. The van der Waals surface area contributed by atoms with Crippen LogP contribution in [0.4, 0.5) is 5.13 Å². The molecule has 2 heterocycles. The zero-order chi connectivity index (χ0) is 27.4. The highest BCUT2D eigenvalue weighted by atomic mass is 35.5. The van der Waals surface area contributed by atoms with E-state index in [9.17, 15) is 14.7 Å². The Hall–Kier alpha value is -3.92. The fourth-order valence-corrected chi connectivity index (χ4v) is 6.06. The molecule has 0 bridgehead atoms. The van der Waals surface area contributed by atoms with Crippen LogP contribution in [0.2, 0.25) is 5.02 Å². The summed E-state index contributed by atoms with van der Waals surface area (Å²) in [5.41, 5.74) is 2.04. The van der Waals surface area contributed by atoms with E-state index in [1.54, 1.807) is 60.7 Å². The van der Waals surface area contributed by atoms with Gasteiger partial charge in [-0.3, -0.25) is 14.5 Å². The molecule has 1 N–H and O–H groups in total. The zero-order valence-corrected chi connectivity index (χ0v) is 22.9. The maximum Gasteiger partial charge on any atom is 0.301 e. The van der Waals surface area contributed by atoms with Crippen molar-refractivity contribution in [2.45, 2.75) is 16.1 Å². The number of halogens is 1. The number of ether oxygens (including phenoxy) is 1. The predicted molar refractivity (Wildman–Crippen MR) is 154 cm³/mol. The van der Waals surface area contributed by atoms with Crippen molar-refractivity contribution < 1.29 is 19.4 Å². The Morgan fingerprint density at radius 3 is 2.59 bits per heavy atom. The number of rotatable bonds is 9. The molecule has 5 rings (SSSR count). The molecule has 7 nitrogen and oxygen atoms in total.